The van der Waals surface area contributed by atoms with Crippen molar-refractivity contribution >= 4 is 22.6 Å². The van der Waals surface area contributed by atoms with E-state index in [1.807, 2.05) is 30.5 Å². The molecular weight excluding hydrogens is 303 g/mol. The minimum absolute atomic E-state index is 0.483. The number of aliphatic hydroxyl groups is 1. The van der Waals surface area contributed by atoms with E-state index in [2.05, 4.69) is 27.7 Å². The van der Waals surface area contributed by atoms with Crippen LogP contribution in [0.3, 0.4) is 0 Å². The maximum absolute atomic E-state index is 9.63. The highest BCUT2D eigenvalue weighted by Crippen LogP contribution is 2.21. The predicted molar refractivity (Wildman–Crippen MR) is 66.9 cm³/mol. The van der Waals surface area contributed by atoms with E-state index in [1.54, 1.807) is 17.8 Å². The fraction of sp³-hybridized carbons (Fsp3) is 0.182. The third kappa shape index (κ3) is 2.21. The zero-order chi connectivity index (χ0) is 10.8. The second-order valence-electron chi connectivity index (χ2n) is 3.34. The number of hydrogen-bond donors (Lipinski definition) is 1. The van der Waals surface area contributed by atoms with Crippen molar-refractivity contribution in [2.45, 2.75) is 13.0 Å². The summed E-state index contributed by atoms with van der Waals surface area (Å²) in [5, 5.41) is 13.9. The molecule has 1 aromatic carbocycles. The lowest BCUT2D eigenvalue weighted by Gasteiger charge is -2.11. The van der Waals surface area contributed by atoms with Gasteiger partial charge in [-0.3, -0.25) is 0 Å². The number of nitrogens with zero attached hydrogens (tertiary/aromatic N) is 2. The zero-order valence-electron chi connectivity index (χ0n) is 8.26. The summed E-state index contributed by atoms with van der Waals surface area (Å²) >= 11 is 2.21. The van der Waals surface area contributed by atoms with Crippen LogP contribution in [0.2, 0.25) is 0 Å². The summed E-state index contributed by atoms with van der Waals surface area (Å²) < 4.78 is 2.86. The molecule has 0 spiro atoms. The first-order valence-corrected chi connectivity index (χ1v) is 5.74. The molecule has 4 heteroatoms. The number of rotatable bonds is 2. The molecule has 15 heavy (non-hydrogen) atoms. The predicted octanol–water partition coefficient (Wildman–Crippen LogP) is 2.53. The fourth-order valence-corrected chi connectivity index (χ4v) is 1.87. The van der Waals surface area contributed by atoms with Gasteiger partial charge in [0.05, 0.1) is 21.6 Å². The molecule has 78 valence electrons. The average molecular weight is 314 g/mol. The Bertz CT molecular complexity index is 465. The Balaban J connectivity index is 2.52. The van der Waals surface area contributed by atoms with Crippen molar-refractivity contribution in [3.63, 3.8) is 0 Å². The van der Waals surface area contributed by atoms with E-state index >= 15 is 0 Å². The lowest BCUT2D eigenvalue weighted by molar-refractivity contribution is 0.199. The molecule has 1 atom stereocenters. The van der Waals surface area contributed by atoms with E-state index in [0.717, 1.165) is 14.8 Å². The molecule has 0 aliphatic rings. The van der Waals surface area contributed by atoms with Gasteiger partial charge >= 0.3 is 0 Å². The molecule has 2 rings (SSSR count). The van der Waals surface area contributed by atoms with Crippen LogP contribution in [0.1, 0.15) is 18.6 Å². The van der Waals surface area contributed by atoms with E-state index in [0.29, 0.717) is 0 Å². The van der Waals surface area contributed by atoms with Gasteiger partial charge in [-0.15, -0.1) is 0 Å². The summed E-state index contributed by atoms with van der Waals surface area (Å²) in [7, 11) is 0. The van der Waals surface area contributed by atoms with E-state index in [-0.39, 0.29) is 0 Å². The number of halogens is 1. The summed E-state index contributed by atoms with van der Waals surface area (Å²) in [4.78, 5) is 0. The molecule has 1 N–H and O–H groups in total. The third-order valence-electron chi connectivity index (χ3n) is 2.18. The fourth-order valence-electron chi connectivity index (χ4n) is 1.48. The molecular formula is C11H11IN2O. The van der Waals surface area contributed by atoms with Crippen molar-refractivity contribution in [3.8, 4) is 5.69 Å². The standard InChI is InChI=1S/C11H11IN2O/c1-8(15)10-4-2-3-5-11(10)14-7-9(12)6-13-14/h2-8,15H,1H3. The largest absolute Gasteiger partial charge is 0.389 e. The van der Waals surface area contributed by atoms with Crippen LogP contribution in [0.25, 0.3) is 5.69 Å². The van der Waals surface area contributed by atoms with E-state index in [1.165, 1.54) is 0 Å². The van der Waals surface area contributed by atoms with Crippen LogP contribution in [0.4, 0.5) is 0 Å². The van der Waals surface area contributed by atoms with E-state index in [4.69, 9.17) is 0 Å². The van der Waals surface area contributed by atoms with Gasteiger partial charge in [-0.1, -0.05) is 18.2 Å². The normalized spacial score (nSPS) is 12.7. The van der Waals surface area contributed by atoms with Gasteiger partial charge in [-0.25, -0.2) is 4.68 Å². The van der Waals surface area contributed by atoms with Crippen LogP contribution in [-0.2, 0) is 0 Å². The van der Waals surface area contributed by atoms with Crippen molar-refractivity contribution < 1.29 is 5.11 Å². The lowest BCUT2D eigenvalue weighted by atomic mass is 10.1. The quantitative estimate of drug-likeness (QED) is 0.865. The van der Waals surface area contributed by atoms with Crippen LogP contribution < -0.4 is 0 Å². The lowest BCUT2D eigenvalue weighted by Crippen LogP contribution is -2.02. The third-order valence-corrected chi connectivity index (χ3v) is 2.74. The SMILES string of the molecule is CC(O)c1ccccc1-n1cc(I)cn1. The van der Waals surface area contributed by atoms with Crippen molar-refractivity contribution in [2.75, 3.05) is 0 Å². The summed E-state index contributed by atoms with van der Waals surface area (Å²) in [6.45, 7) is 1.76. The molecule has 0 fully saturated rings. The molecule has 0 aliphatic carbocycles. The van der Waals surface area contributed by atoms with Crippen LogP contribution in [0.5, 0.6) is 0 Å². The number of para-hydroxylation sites is 1. The summed E-state index contributed by atoms with van der Waals surface area (Å²) in [5.74, 6) is 0. The second-order valence-corrected chi connectivity index (χ2v) is 4.58. The van der Waals surface area contributed by atoms with Crippen molar-refractivity contribution in [1.29, 1.82) is 0 Å². The van der Waals surface area contributed by atoms with Gasteiger partial charge in [0.1, 0.15) is 0 Å². The maximum atomic E-state index is 9.63. The summed E-state index contributed by atoms with van der Waals surface area (Å²) in [5.41, 5.74) is 1.81. The monoisotopic (exact) mass is 314 g/mol. The number of aliphatic hydroxyl groups excluding tert-OH is 1. The molecule has 0 bridgehead atoms. The first kappa shape index (κ1) is 10.6. The van der Waals surface area contributed by atoms with Crippen LogP contribution in [0, 0.1) is 3.57 Å². The van der Waals surface area contributed by atoms with Gasteiger partial charge in [0.25, 0.3) is 0 Å². The van der Waals surface area contributed by atoms with Crippen LogP contribution >= 0.6 is 22.6 Å². The van der Waals surface area contributed by atoms with Gasteiger partial charge in [-0.05, 0) is 35.6 Å². The Morgan fingerprint density at radius 3 is 2.73 bits per heavy atom. The Kier molecular flexibility index (Phi) is 3.06. The van der Waals surface area contributed by atoms with E-state index in [9.17, 15) is 5.11 Å². The first-order valence-electron chi connectivity index (χ1n) is 4.66. The number of hydrogen-bond acceptors (Lipinski definition) is 2. The Hall–Kier alpha value is -0.880. The number of benzene rings is 1. The topological polar surface area (TPSA) is 38.0 Å². The Morgan fingerprint density at radius 1 is 1.40 bits per heavy atom. The molecule has 1 aromatic heterocycles. The summed E-state index contributed by atoms with van der Waals surface area (Å²) in [6, 6.07) is 7.72. The Morgan fingerprint density at radius 2 is 2.13 bits per heavy atom. The minimum atomic E-state index is -0.483. The smallest absolute Gasteiger partial charge is 0.0782 e. The Labute approximate surface area is 102 Å². The highest BCUT2D eigenvalue weighted by atomic mass is 127. The molecule has 0 saturated carbocycles. The molecule has 0 amide bonds. The highest BCUT2D eigenvalue weighted by Gasteiger charge is 2.09. The molecule has 0 saturated heterocycles. The number of aromatic nitrogens is 2. The van der Waals surface area contributed by atoms with Crippen molar-refractivity contribution in [3.05, 3.63) is 45.8 Å². The van der Waals surface area contributed by atoms with Gasteiger partial charge in [0, 0.05) is 11.8 Å². The minimum Gasteiger partial charge on any atom is -0.389 e. The molecule has 1 unspecified atom stereocenters. The molecule has 3 nitrogen and oxygen atoms in total. The van der Waals surface area contributed by atoms with Crippen LogP contribution in [0.15, 0.2) is 36.7 Å². The molecule has 0 radical (unpaired) electrons. The van der Waals surface area contributed by atoms with Crippen molar-refractivity contribution in [1.82, 2.24) is 9.78 Å². The average Bonchev–Trinajstić information content (AvgIpc) is 2.65. The van der Waals surface area contributed by atoms with Gasteiger partial charge in [0.15, 0.2) is 0 Å². The van der Waals surface area contributed by atoms with Gasteiger partial charge in [0.2, 0.25) is 0 Å². The molecule has 2 aromatic rings. The highest BCUT2D eigenvalue weighted by molar-refractivity contribution is 14.1. The molecule has 1 heterocycles. The van der Waals surface area contributed by atoms with Gasteiger partial charge in [-0.2, -0.15) is 5.10 Å². The zero-order valence-corrected chi connectivity index (χ0v) is 10.4. The van der Waals surface area contributed by atoms with Crippen LogP contribution in [-0.4, -0.2) is 14.9 Å². The maximum Gasteiger partial charge on any atom is 0.0782 e. The van der Waals surface area contributed by atoms with Gasteiger partial charge < -0.3 is 5.11 Å². The summed E-state index contributed by atoms with van der Waals surface area (Å²) in [6.07, 6.45) is 3.24. The first-order chi connectivity index (χ1) is 7.18. The molecule has 0 aliphatic heterocycles. The van der Waals surface area contributed by atoms with Crippen molar-refractivity contribution in [2.24, 2.45) is 0 Å². The second kappa shape index (κ2) is 4.32. The van der Waals surface area contributed by atoms with E-state index < -0.39 is 6.10 Å².